The molecule has 6 nitrogen and oxygen atoms in total. The second-order valence-electron chi connectivity index (χ2n) is 3.94. The van der Waals surface area contributed by atoms with Gasteiger partial charge in [0.1, 0.15) is 4.83 Å². The quantitative estimate of drug-likeness (QED) is 0.786. The Morgan fingerprint density at radius 1 is 1.37 bits per heavy atom. The van der Waals surface area contributed by atoms with Crippen molar-refractivity contribution in [3.05, 3.63) is 31.8 Å². The van der Waals surface area contributed by atoms with Crippen LogP contribution in [0, 0.1) is 0 Å². The average Bonchev–Trinajstić information content (AvgIpc) is 2.82. The molecule has 2 aromatic heterocycles. The van der Waals surface area contributed by atoms with Crippen LogP contribution in [-0.4, -0.2) is 21.7 Å². The maximum Gasteiger partial charge on any atom is 0.339 e. The SMILES string of the molecule is CCOC(=O)c1csc2c1c(=O)n(C)c(=O)n2CC. The van der Waals surface area contributed by atoms with Crippen LogP contribution in [0.3, 0.4) is 0 Å². The number of ether oxygens (including phenoxy) is 1. The van der Waals surface area contributed by atoms with Gasteiger partial charge in [0, 0.05) is 19.0 Å². The molecule has 7 heteroatoms. The molecule has 0 aromatic carbocycles. The summed E-state index contributed by atoms with van der Waals surface area (Å²) in [6.45, 7) is 4.19. The van der Waals surface area contributed by atoms with Crippen molar-refractivity contribution in [1.29, 1.82) is 0 Å². The lowest BCUT2D eigenvalue weighted by Gasteiger charge is -2.07. The largest absolute Gasteiger partial charge is 0.462 e. The highest BCUT2D eigenvalue weighted by molar-refractivity contribution is 7.17. The molecule has 102 valence electrons. The van der Waals surface area contributed by atoms with E-state index in [9.17, 15) is 14.4 Å². The maximum absolute atomic E-state index is 12.2. The normalized spacial score (nSPS) is 10.9. The minimum absolute atomic E-state index is 0.227. The van der Waals surface area contributed by atoms with Crippen LogP contribution >= 0.6 is 11.3 Å². The van der Waals surface area contributed by atoms with E-state index in [0.717, 1.165) is 4.57 Å². The summed E-state index contributed by atoms with van der Waals surface area (Å²) in [6, 6.07) is 0. The zero-order valence-electron chi connectivity index (χ0n) is 10.9. The average molecular weight is 282 g/mol. The summed E-state index contributed by atoms with van der Waals surface area (Å²) >= 11 is 1.21. The van der Waals surface area contributed by atoms with Gasteiger partial charge in [0.15, 0.2) is 0 Å². The van der Waals surface area contributed by atoms with Gasteiger partial charge in [-0.2, -0.15) is 0 Å². The van der Waals surface area contributed by atoms with Crippen LogP contribution < -0.4 is 11.2 Å². The Hall–Kier alpha value is -1.89. The zero-order chi connectivity index (χ0) is 14.2. The van der Waals surface area contributed by atoms with Gasteiger partial charge in [-0.15, -0.1) is 11.3 Å². The standard InChI is InChI=1S/C12H14N2O4S/c1-4-14-10-8(9(15)13(3)12(14)17)7(6-19-10)11(16)18-5-2/h6H,4-5H2,1-3H3. The van der Waals surface area contributed by atoms with E-state index < -0.39 is 11.5 Å². The van der Waals surface area contributed by atoms with E-state index in [1.807, 2.05) is 6.92 Å². The van der Waals surface area contributed by atoms with Crippen LogP contribution in [0.25, 0.3) is 10.2 Å². The van der Waals surface area contributed by atoms with Gasteiger partial charge >= 0.3 is 11.7 Å². The second-order valence-corrected chi connectivity index (χ2v) is 4.80. The summed E-state index contributed by atoms with van der Waals surface area (Å²) in [6.07, 6.45) is 0. The molecule has 0 aliphatic rings. The molecular formula is C12H14N2O4S. The fourth-order valence-electron chi connectivity index (χ4n) is 1.91. The third-order valence-corrected chi connectivity index (χ3v) is 3.87. The Balaban J connectivity index is 2.87. The molecule has 0 aliphatic heterocycles. The summed E-state index contributed by atoms with van der Waals surface area (Å²) in [5.74, 6) is -0.535. The smallest absolute Gasteiger partial charge is 0.339 e. The molecule has 0 fully saturated rings. The Bertz CT molecular complexity index is 753. The van der Waals surface area contributed by atoms with Crippen molar-refractivity contribution in [2.75, 3.05) is 6.61 Å². The molecule has 0 aliphatic carbocycles. The van der Waals surface area contributed by atoms with Crippen LogP contribution in [0.1, 0.15) is 24.2 Å². The summed E-state index contributed by atoms with van der Waals surface area (Å²) in [4.78, 5) is 36.4. The number of rotatable bonds is 3. The number of fused-ring (bicyclic) bond motifs is 1. The molecule has 19 heavy (non-hydrogen) atoms. The molecule has 2 rings (SSSR count). The number of esters is 1. The van der Waals surface area contributed by atoms with Crippen molar-refractivity contribution in [2.45, 2.75) is 20.4 Å². The van der Waals surface area contributed by atoms with Gasteiger partial charge < -0.3 is 4.74 Å². The van der Waals surface area contributed by atoms with Crippen molar-refractivity contribution >= 4 is 27.5 Å². The second kappa shape index (κ2) is 5.00. The first-order valence-corrected chi connectivity index (χ1v) is 6.79. The molecule has 0 saturated heterocycles. The molecule has 0 unspecified atom stereocenters. The predicted molar refractivity (Wildman–Crippen MR) is 73.0 cm³/mol. The molecule has 0 amide bonds. The van der Waals surface area contributed by atoms with Crippen LogP contribution in [0.15, 0.2) is 15.0 Å². The van der Waals surface area contributed by atoms with Crippen molar-refractivity contribution < 1.29 is 9.53 Å². The third-order valence-electron chi connectivity index (χ3n) is 2.86. The number of hydrogen-bond acceptors (Lipinski definition) is 5. The maximum atomic E-state index is 12.2. The van der Waals surface area contributed by atoms with Crippen LogP contribution in [0.5, 0.6) is 0 Å². The first-order valence-electron chi connectivity index (χ1n) is 5.91. The minimum atomic E-state index is -0.535. The molecule has 0 N–H and O–H groups in total. The fourth-order valence-corrected chi connectivity index (χ4v) is 3.01. The number of hydrogen-bond donors (Lipinski definition) is 0. The highest BCUT2D eigenvalue weighted by Gasteiger charge is 2.20. The monoisotopic (exact) mass is 282 g/mol. The number of carbonyl (C=O) groups excluding carboxylic acids is 1. The number of carbonyl (C=O) groups is 1. The lowest BCUT2D eigenvalue weighted by Crippen LogP contribution is -2.37. The summed E-state index contributed by atoms with van der Waals surface area (Å²) < 4.78 is 7.42. The first-order chi connectivity index (χ1) is 9.02. The van der Waals surface area contributed by atoms with Crippen LogP contribution in [0.4, 0.5) is 0 Å². The summed E-state index contributed by atoms with van der Waals surface area (Å²) in [5.41, 5.74) is -0.615. The highest BCUT2D eigenvalue weighted by atomic mass is 32.1. The van der Waals surface area contributed by atoms with E-state index in [0.29, 0.717) is 11.4 Å². The zero-order valence-corrected chi connectivity index (χ0v) is 11.7. The summed E-state index contributed by atoms with van der Waals surface area (Å²) in [5, 5.41) is 1.82. The van der Waals surface area contributed by atoms with Crippen molar-refractivity contribution in [3.63, 3.8) is 0 Å². The van der Waals surface area contributed by atoms with Crippen molar-refractivity contribution in [2.24, 2.45) is 7.05 Å². The molecule has 0 radical (unpaired) electrons. The first kappa shape index (κ1) is 13.5. The predicted octanol–water partition coefficient (Wildman–Crippen LogP) is 0.958. The van der Waals surface area contributed by atoms with Gasteiger partial charge in [-0.3, -0.25) is 13.9 Å². The van der Waals surface area contributed by atoms with E-state index in [1.54, 1.807) is 12.3 Å². The number of aromatic nitrogens is 2. The molecule has 0 bridgehead atoms. The van der Waals surface area contributed by atoms with Crippen LogP contribution in [0.2, 0.25) is 0 Å². The van der Waals surface area contributed by atoms with E-state index in [1.165, 1.54) is 23.0 Å². The van der Waals surface area contributed by atoms with Gasteiger partial charge in [-0.1, -0.05) is 0 Å². The Labute approximate surface area is 112 Å². The number of nitrogens with zero attached hydrogens (tertiary/aromatic N) is 2. The van der Waals surface area contributed by atoms with E-state index >= 15 is 0 Å². The Morgan fingerprint density at radius 3 is 2.63 bits per heavy atom. The Kier molecular flexibility index (Phi) is 3.57. The van der Waals surface area contributed by atoms with Gasteiger partial charge in [0.25, 0.3) is 5.56 Å². The lowest BCUT2D eigenvalue weighted by molar-refractivity contribution is 0.0529. The summed E-state index contributed by atoms with van der Waals surface area (Å²) in [7, 11) is 1.41. The highest BCUT2D eigenvalue weighted by Crippen LogP contribution is 2.22. The van der Waals surface area contributed by atoms with E-state index in [-0.39, 0.29) is 23.2 Å². The minimum Gasteiger partial charge on any atom is -0.462 e. The lowest BCUT2D eigenvalue weighted by atomic mass is 10.2. The fraction of sp³-hybridized carbons (Fsp3) is 0.417. The number of aryl methyl sites for hydroxylation is 1. The molecular weight excluding hydrogens is 268 g/mol. The molecule has 2 aromatic rings. The van der Waals surface area contributed by atoms with E-state index in [4.69, 9.17) is 4.74 Å². The van der Waals surface area contributed by atoms with Crippen LogP contribution in [-0.2, 0) is 18.3 Å². The molecule has 0 saturated carbocycles. The van der Waals surface area contributed by atoms with Gasteiger partial charge in [0.2, 0.25) is 0 Å². The molecule has 0 spiro atoms. The number of thiophene rings is 1. The van der Waals surface area contributed by atoms with Gasteiger partial charge in [-0.05, 0) is 13.8 Å². The molecule has 0 atom stereocenters. The van der Waals surface area contributed by atoms with Crippen molar-refractivity contribution in [1.82, 2.24) is 9.13 Å². The van der Waals surface area contributed by atoms with Gasteiger partial charge in [0.05, 0.1) is 17.6 Å². The Morgan fingerprint density at radius 2 is 2.05 bits per heavy atom. The van der Waals surface area contributed by atoms with Crippen molar-refractivity contribution in [3.8, 4) is 0 Å². The van der Waals surface area contributed by atoms with E-state index in [2.05, 4.69) is 0 Å². The van der Waals surface area contributed by atoms with Gasteiger partial charge in [-0.25, -0.2) is 9.59 Å². The molecule has 2 heterocycles. The topological polar surface area (TPSA) is 70.3 Å². The third kappa shape index (κ3) is 1.99.